The lowest BCUT2D eigenvalue weighted by Gasteiger charge is -2.26. The molecule has 33 heavy (non-hydrogen) atoms. The zero-order chi connectivity index (χ0) is 24.1. The Kier molecular flexibility index (Phi) is 8.03. The van der Waals surface area contributed by atoms with Crippen LogP contribution in [0.25, 0.3) is 5.76 Å². The minimum atomic E-state index is -0.750. The lowest BCUT2D eigenvalue weighted by molar-refractivity contribution is -0.139. The van der Waals surface area contributed by atoms with Crippen molar-refractivity contribution in [3.63, 3.8) is 0 Å². The number of amides is 1. The summed E-state index contributed by atoms with van der Waals surface area (Å²) in [5, 5.41) is 11.5. The molecule has 1 saturated heterocycles. The first-order valence-electron chi connectivity index (χ1n) is 11.2. The summed E-state index contributed by atoms with van der Waals surface area (Å²) in [6, 6.07) is 11.3. The Hall–Kier alpha value is -2.99. The molecule has 2 aromatic rings. The standard InChI is InChI=1S/C26H30ClNO5/c1-5-6-7-13-28-23(17-9-8-10-19(14-17)33-16(2)3)22(25(30)26(28)31)24(29)20-15-18(32-4)11-12-21(20)27/h8-12,14-16,23,29H,5-7,13H2,1-4H3/b24-22+. The van der Waals surface area contributed by atoms with Gasteiger partial charge in [0, 0.05) is 12.1 Å². The highest BCUT2D eigenvalue weighted by Crippen LogP contribution is 2.42. The Labute approximate surface area is 199 Å². The van der Waals surface area contributed by atoms with Crippen molar-refractivity contribution in [1.82, 2.24) is 4.90 Å². The summed E-state index contributed by atoms with van der Waals surface area (Å²) in [6.07, 6.45) is 2.62. The Morgan fingerprint density at radius 1 is 1.12 bits per heavy atom. The van der Waals surface area contributed by atoms with Gasteiger partial charge in [-0.25, -0.2) is 0 Å². The maximum Gasteiger partial charge on any atom is 0.295 e. The minimum Gasteiger partial charge on any atom is -0.507 e. The number of ether oxygens (including phenoxy) is 2. The van der Waals surface area contributed by atoms with E-state index in [0.717, 1.165) is 19.3 Å². The topological polar surface area (TPSA) is 76.1 Å². The Morgan fingerprint density at radius 2 is 1.88 bits per heavy atom. The van der Waals surface area contributed by atoms with Crippen LogP contribution >= 0.6 is 11.6 Å². The van der Waals surface area contributed by atoms with E-state index in [4.69, 9.17) is 21.1 Å². The summed E-state index contributed by atoms with van der Waals surface area (Å²) in [7, 11) is 1.50. The van der Waals surface area contributed by atoms with E-state index in [0.29, 0.717) is 23.6 Å². The molecule has 0 aliphatic carbocycles. The van der Waals surface area contributed by atoms with Crippen LogP contribution in [0.5, 0.6) is 11.5 Å². The summed E-state index contributed by atoms with van der Waals surface area (Å²) >= 11 is 6.35. The molecule has 7 heteroatoms. The predicted octanol–water partition coefficient (Wildman–Crippen LogP) is 5.75. The monoisotopic (exact) mass is 471 g/mol. The van der Waals surface area contributed by atoms with Crippen LogP contribution < -0.4 is 9.47 Å². The van der Waals surface area contributed by atoms with E-state index < -0.39 is 17.7 Å². The molecule has 1 N–H and O–H groups in total. The molecular weight excluding hydrogens is 442 g/mol. The number of halogens is 1. The lowest BCUT2D eigenvalue weighted by Crippen LogP contribution is -2.30. The van der Waals surface area contributed by atoms with Gasteiger partial charge in [0.2, 0.25) is 0 Å². The number of unbranched alkanes of at least 4 members (excludes halogenated alkanes) is 2. The van der Waals surface area contributed by atoms with Crippen molar-refractivity contribution in [3.05, 3.63) is 64.2 Å². The Bertz CT molecular complexity index is 1060. The molecule has 2 aromatic carbocycles. The van der Waals surface area contributed by atoms with Crippen LogP contribution in [0.1, 0.15) is 57.2 Å². The molecule has 0 radical (unpaired) electrons. The molecule has 1 aliphatic rings. The number of carbonyl (C=O) groups excluding carboxylic acids is 2. The summed E-state index contributed by atoms with van der Waals surface area (Å²) in [6.45, 7) is 6.33. The number of ketones is 1. The quantitative estimate of drug-likeness (QED) is 0.218. The van der Waals surface area contributed by atoms with Crippen molar-refractivity contribution in [2.75, 3.05) is 13.7 Å². The molecule has 6 nitrogen and oxygen atoms in total. The van der Waals surface area contributed by atoms with Crippen LogP contribution in [-0.4, -0.2) is 41.5 Å². The summed E-state index contributed by atoms with van der Waals surface area (Å²) in [4.78, 5) is 27.7. The largest absolute Gasteiger partial charge is 0.507 e. The van der Waals surface area contributed by atoms with Crippen molar-refractivity contribution in [2.24, 2.45) is 0 Å². The van der Waals surface area contributed by atoms with E-state index in [-0.39, 0.29) is 28.0 Å². The van der Waals surface area contributed by atoms with Crippen molar-refractivity contribution in [3.8, 4) is 11.5 Å². The van der Waals surface area contributed by atoms with Gasteiger partial charge in [0.25, 0.3) is 11.7 Å². The molecule has 1 atom stereocenters. The molecule has 1 amide bonds. The van der Waals surface area contributed by atoms with Gasteiger partial charge in [0.15, 0.2) is 0 Å². The van der Waals surface area contributed by atoms with Gasteiger partial charge in [0.1, 0.15) is 17.3 Å². The van der Waals surface area contributed by atoms with Crippen LogP contribution in [-0.2, 0) is 9.59 Å². The SMILES string of the molecule is CCCCCN1C(=O)C(=O)/C(=C(/O)c2cc(OC)ccc2Cl)C1c1cccc(OC(C)C)c1. The number of nitrogens with zero attached hydrogens (tertiary/aromatic N) is 1. The number of aliphatic hydroxyl groups is 1. The highest BCUT2D eigenvalue weighted by atomic mass is 35.5. The van der Waals surface area contributed by atoms with Gasteiger partial charge in [-0.2, -0.15) is 0 Å². The zero-order valence-corrected chi connectivity index (χ0v) is 20.2. The first kappa shape index (κ1) is 24.6. The third-order valence-corrected chi connectivity index (χ3v) is 5.85. The smallest absolute Gasteiger partial charge is 0.295 e. The van der Waals surface area contributed by atoms with Crippen molar-refractivity contribution in [1.29, 1.82) is 0 Å². The molecule has 0 saturated carbocycles. The predicted molar refractivity (Wildman–Crippen MR) is 129 cm³/mol. The van der Waals surface area contributed by atoms with E-state index in [9.17, 15) is 14.7 Å². The molecule has 1 heterocycles. The molecule has 0 aromatic heterocycles. The Balaban J connectivity index is 2.17. The molecule has 0 spiro atoms. The number of aliphatic hydroxyl groups excluding tert-OH is 1. The molecule has 1 fully saturated rings. The molecule has 1 aliphatic heterocycles. The molecule has 1 unspecified atom stereocenters. The number of likely N-dealkylation sites (tertiary alicyclic amines) is 1. The fraction of sp³-hybridized carbons (Fsp3) is 0.385. The van der Waals surface area contributed by atoms with Gasteiger partial charge >= 0.3 is 0 Å². The van der Waals surface area contributed by atoms with Crippen LogP contribution in [0.15, 0.2) is 48.0 Å². The number of hydrogen-bond donors (Lipinski definition) is 1. The summed E-state index contributed by atoms with van der Waals surface area (Å²) < 4.78 is 11.1. The van der Waals surface area contributed by atoms with Gasteiger partial charge in [-0.15, -0.1) is 0 Å². The number of carbonyl (C=O) groups is 2. The first-order valence-corrected chi connectivity index (χ1v) is 11.5. The summed E-state index contributed by atoms with van der Waals surface area (Å²) in [5.74, 6) is -0.589. The Morgan fingerprint density at radius 3 is 2.55 bits per heavy atom. The van der Waals surface area contributed by atoms with Crippen LogP contribution in [0.2, 0.25) is 5.02 Å². The number of methoxy groups -OCH3 is 1. The van der Waals surface area contributed by atoms with E-state index in [2.05, 4.69) is 6.92 Å². The van der Waals surface area contributed by atoms with E-state index in [1.54, 1.807) is 18.2 Å². The maximum atomic E-state index is 13.2. The average Bonchev–Trinajstić information content (AvgIpc) is 3.04. The lowest BCUT2D eigenvalue weighted by atomic mass is 9.95. The fourth-order valence-corrected chi connectivity index (χ4v) is 4.18. The fourth-order valence-electron chi connectivity index (χ4n) is 3.98. The van der Waals surface area contributed by atoms with Crippen LogP contribution in [0, 0.1) is 0 Å². The third kappa shape index (κ3) is 5.33. The highest BCUT2D eigenvalue weighted by Gasteiger charge is 2.46. The molecule has 3 rings (SSSR count). The van der Waals surface area contributed by atoms with Crippen molar-refractivity contribution in [2.45, 2.75) is 52.2 Å². The van der Waals surface area contributed by atoms with Crippen LogP contribution in [0.3, 0.4) is 0 Å². The van der Waals surface area contributed by atoms with E-state index in [1.165, 1.54) is 12.0 Å². The minimum absolute atomic E-state index is 0.00773. The second-order valence-corrected chi connectivity index (χ2v) is 8.69. The molecule has 0 bridgehead atoms. The number of Topliss-reactive ketones (excluding diaryl/α,β-unsaturated/α-hetero) is 1. The second-order valence-electron chi connectivity index (χ2n) is 8.28. The average molecular weight is 472 g/mol. The van der Waals surface area contributed by atoms with Crippen molar-refractivity contribution < 1.29 is 24.2 Å². The normalized spacial score (nSPS) is 17.6. The number of rotatable bonds is 9. The molecule has 176 valence electrons. The van der Waals surface area contributed by atoms with Gasteiger partial charge in [-0.3, -0.25) is 9.59 Å². The zero-order valence-electron chi connectivity index (χ0n) is 19.4. The number of benzene rings is 2. The summed E-state index contributed by atoms with van der Waals surface area (Å²) in [5.41, 5.74) is 0.930. The van der Waals surface area contributed by atoms with E-state index >= 15 is 0 Å². The highest BCUT2D eigenvalue weighted by molar-refractivity contribution is 6.47. The first-order chi connectivity index (χ1) is 15.8. The van der Waals surface area contributed by atoms with Gasteiger partial charge in [0.05, 0.1) is 29.9 Å². The van der Waals surface area contributed by atoms with Crippen molar-refractivity contribution >= 4 is 29.1 Å². The maximum absolute atomic E-state index is 13.2. The third-order valence-electron chi connectivity index (χ3n) is 5.52. The van der Waals surface area contributed by atoms with Gasteiger partial charge in [-0.1, -0.05) is 43.5 Å². The van der Waals surface area contributed by atoms with Gasteiger partial charge < -0.3 is 19.5 Å². The molecular formula is C26H30ClNO5. The van der Waals surface area contributed by atoms with Crippen LogP contribution in [0.4, 0.5) is 0 Å². The second kappa shape index (κ2) is 10.8. The van der Waals surface area contributed by atoms with Gasteiger partial charge in [-0.05, 0) is 56.2 Å². The number of hydrogen-bond acceptors (Lipinski definition) is 5. The van der Waals surface area contributed by atoms with E-state index in [1.807, 2.05) is 38.1 Å².